The van der Waals surface area contributed by atoms with E-state index in [1.54, 1.807) is 0 Å². The fraction of sp³-hybridized carbons (Fsp3) is 0.800. The highest BCUT2D eigenvalue weighted by Gasteiger charge is 2.40. The van der Waals surface area contributed by atoms with E-state index in [0.29, 0.717) is 11.1 Å². The standard InChI is InChI=1S/C10H17N2O2/c13-9-14-12-7-3-1-2-5-10(12)11-6-4-8-12/h9H,1-8H2/q+1. The predicted octanol–water partition coefficient (Wildman–Crippen LogP) is 1.27. The lowest BCUT2D eigenvalue weighted by Gasteiger charge is -2.34. The van der Waals surface area contributed by atoms with Crippen LogP contribution in [0.2, 0.25) is 0 Å². The predicted molar refractivity (Wildman–Crippen MR) is 52.5 cm³/mol. The van der Waals surface area contributed by atoms with Crippen molar-refractivity contribution in [1.82, 2.24) is 0 Å². The van der Waals surface area contributed by atoms with E-state index in [-0.39, 0.29) is 0 Å². The number of hydrogen-bond acceptors (Lipinski definition) is 3. The van der Waals surface area contributed by atoms with Gasteiger partial charge in [0.15, 0.2) is 0 Å². The summed E-state index contributed by atoms with van der Waals surface area (Å²) in [6.45, 7) is 3.30. The zero-order valence-corrected chi connectivity index (χ0v) is 8.45. The first-order valence-corrected chi connectivity index (χ1v) is 5.40. The Hall–Kier alpha value is -0.900. The van der Waals surface area contributed by atoms with Crippen LogP contribution in [-0.2, 0) is 9.63 Å². The van der Waals surface area contributed by atoms with Crippen LogP contribution in [0.25, 0.3) is 0 Å². The van der Waals surface area contributed by atoms with Gasteiger partial charge in [0.05, 0.1) is 6.54 Å². The molecule has 0 aromatic heterocycles. The highest BCUT2D eigenvalue weighted by molar-refractivity contribution is 5.76. The van der Waals surface area contributed by atoms with E-state index in [1.807, 2.05) is 0 Å². The van der Waals surface area contributed by atoms with Gasteiger partial charge in [-0.2, -0.15) is 0 Å². The molecule has 0 spiro atoms. The lowest BCUT2D eigenvalue weighted by molar-refractivity contribution is -1.02. The molecule has 4 nitrogen and oxygen atoms in total. The number of aliphatic imine (C=N–C) groups is 1. The van der Waals surface area contributed by atoms with Crippen molar-refractivity contribution >= 4 is 12.3 Å². The number of amidine groups is 1. The third kappa shape index (κ3) is 1.66. The molecule has 1 unspecified atom stereocenters. The minimum atomic E-state index is 0.392. The van der Waals surface area contributed by atoms with Crippen LogP contribution in [0.5, 0.6) is 0 Å². The molecule has 4 heteroatoms. The summed E-state index contributed by atoms with van der Waals surface area (Å²) in [6, 6.07) is 0. The molecule has 0 radical (unpaired) electrons. The Labute approximate surface area is 84.1 Å². The van der Waals surface area contributed by atoms with E-state index in [4.69, 9.17) is 4.84 Å². The van der Waals surface area contributed by atoms with Gasteiger partial charge in [-0.3, -0.25) is 4.84 Å². The summed E-state index contributed by atoms with van der Waals surface area (Å²) in [6.07, 6.45) is 5.56. The molecule has 0 bridgehead atoms. The first kappa shape index (κ1) is 9.65. The highest BCUT2D eigenvalue weighted by Crippen LogP contribution is 2.24. The lowest BCUT2D eigenvalue weighted by Crippen LogP contribution is -2.54. The fourth-order valence-electron chi connectivity index (χ4n) is 2.39. The van der Waals surface area contributed by atoms with Crippen LogP contribution in [-0.4, -0.2) is 36.6 Å². The van der Waals surface area contributed by atoms with E-state index in [0.717, 1.165) is 44.7 Å². The molecule has 1 fully saturated rings. The topological polar surface area (TPSA) is 38.7 Å². The molecule has 0 aromatic carbocycles. The number of hydroxylamine groups is 3. The van der Waals surface area contributed by atoms with Gasteiger partial charge in [-0.15, -0.1) is 0 Å². The third-order valence-corrected chi connectivity index (χ3v) is 3.11. The number of nitrogens with zero attached hydrogens (tertiary/aromatic N) is 2. The van der Waals surface area contributed by atoms with Crippen molar-refractivity contribution in [2.24, 2.45) is 4.99 Å². The van der Waals surface area contributed by atoms with E-state index in [1.165, 1.54) is 12.8 Å². The van der Waals surface area contributed by atoms with E-state index < -0.39 is 0 Å². The summed E-state index contributed by atoms with van der Waals surface area (Å²) in [5.74, 6) is 1.08. The van der Waals surface area contributed by atoms with Crippen molar-refractivity contribution in [2.45, 2.75) is 32.1 Å². The summed E-state index contributed by atoms with van der Waals surface area (Å²) in [4.78, 5) is 20.3. The second-order valence-electron chi connectivity index (χ2n) is 4.00. The summed E-state index contributed by atoms with van der Waals surface area (Å²) in [5.41, 5.74) is 0. The Kier molecular flexibility index (Phi) is 2.82. The normalized spacial score (nSPS) is 32.4. The Morgan fingerprint density at radius 3 is 2.93 bits per heavy atom. The Balaban J connectivity index is 2.23. The van der Waals surface area contributed by atoms with Crippen molar-refractivity contribution < 1.29 is 14.3 Å². The molecule has 0 N–H and O–H groups in total. The Morgan fingerprint density at radius 2 is 2.07 bits per heavy atom. The molecule has 1 saturated heterocycles. The molecule has 2 rings (SSSR count). The van der Waals surface area contributed by atoms with Gasteiger partial charge in [-0.25, -0.2) is 9.79 Å². The van der Waals surface area contributed by atoms with Crippen molar-refractivity contribution in [1.29, 1.82) is 0 Å². The highest BCUT2D eigenvalue weighted by atomic mass is 16.7. The summed E-state index contributed by atoms with van der Waals surface area (Å²) in [5, 5.41) is 0. The first-order valence-electron chi connectivity index (χ1n) is 5.40. The fourth-order valence-corrected chi connectivity index (χ4v) is 2.39. The maximum Gasteiger partial charge on any atom is 0.355 e. The lowest BCUT2D eigenvalue weighted by atomic mass is 10.2. The molecular formula is C10H17N2O2+. The van der Waals surface area contributed by atoms with Crippen LogP contribution in [0.3, 0.4) is 0 Å². The number of fused-ring (bicyclic) bond motifs is 1. The molecule has 0 saturated carbocycles. The molecule has 1 atom stereocenters. The van der Waals surface area contributed by atoms with E-state index in [2.05, 4.69) is 4.99 Å². The monoisotopic (exact) mass is 197 g/mol. The van der Waals surface area contributed by atoms with Crippen LogP contribution in [0.15, 0.2) is 4.99 Å². The second kappa shape index (κ2) is 4.09. The van der Waals surface area contributed by atoms with E-state index >= 15 is 0 Å². The van der Waals surface area contributed by atoms with Gasteiger partial charge in [-0.1, -0.05) is 4.65 Å². The average Bonchev–Trinajstić information content (AvgIpc) is 2.40. The first-order chi connectivity index (χ1) is 6.87. The van der Waals surface area contributed by atoms with Crippen molar-refractivity contribution in [3.8, 4) is 0 Å². The minimum Gasteiger partial charge on any atom is -0.274 e. The Morgan fingerprint density at radius 1 is 1.21 bits per heavy atom. The summed E-state index contributed by atoms with van der Waals surface area (Å²) < 4.78 is 0.392. The maximum absolute atomic E-state index is 10.5. The molecule has 2 heterocycles. The number of rotatable bonds is 2. The van der Waals surface area contributed by atoms with Crippen molar-refractivity contribution in [3.05, 3.63) is 0 Å². The van der Waals surface area contributed by atoms with Crippen molar-refractivity contribution in [2.75, 3.05) is 19.6 Å². The number of hydrogen-bond donors (Lipinski definition) is 0. The minimum absolute atomic E-state index is 0.392. The van der Waals surface area contributed by atoms with Gasteiger partial charge < -0.3 is 0 Å². The van der Waals surface area contributed by atoms with E-state index in [9.17, 15) is 4.79 Å². The van der Waals surface area contributed by atoms with Gasteiger partial charge in [0.1, 0.15) is 13.1 Å². The molecule has 0 aliphatic carbocycles. The largest absolute Gasteiger partial charge is 0.355 e. The Bertz CT molecular complexity index is 253. The smallest absolute Gasteiger partial charge is 0.274 e. The number of carbonyl (C=O) groups excluding carboxylic acids is 1. The van der Waals surface area contributed by atoms with Crippen LogP contribution in [0.1, 0.15) is 32.1 Å². The molecule has 0 amide bonds. The molecular weight excluding hydrogens is 180 g/mol. The third-order valence-electron chi connectivity index (χ3n) is 3.11. The molecule has 78 valence electrons. The molecule has 2 aliphatic rings. The van der Waals surface area contributed by atoms with Gasteiger partial charge in [0.25, 0.3) is 0 Å². The molecule has 14 heavy (non-hydrogen) atoms. The van der Waals surface area contributed by atoms with Gasteiger partial charge >= 0.3 is 6.47 Å². The van der Waals surface area contributed by atoms with Crippen molar-refractivity contribution in [3.63, 3.8) is 0 Å². The number of quaternary nitrogens is 1. The van der Waals surface area contributed by atoms with Gasteiger partial charge in [-0.05, 0) is 12.8 Å². The van der Waals surface area contributed by atoms with Gasteiger partial charge in [0, 0.05) is 19.3 Å². The SMILES string of the molecule is O=CO[N+]12CCCCCC1=NCCC2. The molecule has 2 aliphatic heterocycles. The quantitative estimate of drug-likeness (QED) is 0.494. The van der Waals surface area contributed by atoms with Gasteiger partial charge in [0.2, 0.25) is 5.84 Å². The zero-order valence-electron chi connectivity index (χ0n) is 8.45. The number of carbonyl (C=O) groups is 1. The molecule has 0 aromatic rings. The van der Waals surface area contributed by atoms with Crippen LogP contribution in [0, 0.1) is 0 Å². The average molecular weight is 197 g/mol. The summed E-state index contributed by atoms with van der Waals surface area (Å²) >= 11 is 0. The summed E-state index contributed by atoms with van der Waals surface area (Å²) in [7, 11) is 0. The second-order valence-corrected chi connectivity index (χ2v) is 4.00. The van der Waals surface area contributed by atoms with Crippen LogP contribution >= 0.6 is 0 Å². The zero-order chi connectivity index (χ0) is 9.86. The van der Waals surface area contributed by atoms with Crippen LogP contribution in [0.4, 0.5) is 0 Å². The maximum atomic E-state index is 10.5. The van der Waals surface area contributed by atoms with Crippen LogP contribution < -0.4 is 0 Å².